The average molecular weight is 250 g/mol. The van der Waals surface area contributed by atoms with Gasteiger partial charge in [0.15, 0.2) is 0 Å². The van der Waals surface area contributed by atoms with E-state index in [4.69, 9.17) is 4.74 Å². The third kappa shape index (κ3) is 2.57. The maximum Gasteiger partial charge on any atom is 0.100 e. The monoisotopic (exact) mass is 250 g/mol. The van der Waals surface area contributed by atoms with Crippen molar-refractivity contribution in [1.82, 2.24) is 0 Å². The van der Waals surface area contributed by atoms with Crippen LogP contribution in [-0.4, -0.2) is 32.9 Å². The van der Waals surface area contributed by atoms with Gasteiger partial charge in [-0.2, -0.15) is 0 Å². The Morgan fingerprint density at radius 1 is 1.29 bits per heavy atom. The Labute approximate surface area is 99.5 Å². The predicted molar refractivity (Wildman–Crippen MR) is 69.3 cm³/mol. The molecule has 0 aromatic carbocycles. The SMILES string of the molecule is CC1OCCC(C2(C)SCCCS2)S1. The second-order valence-corrected chi connectivity index (χ2v) is 8.77. The lowest BCUT2D eigenvalue weighted by Gasteiger charge is -2.42. The zero-order valence-electron chi connectivity index (χ0n) is 8.82. The van der Waals surface area contributed by atoms with Crippen LogP contribution in [0.15, 0.2) is 0 Å². The molecule has 2 rings (SSSR count). The fourth-order valence-electron chi connectivity index (χ4n) is 1.90. The average Bonchev–Trinajstić information content (AvgIpc) is 2.19. The van der Waals surface area contributed by atoms with Crippen molar-refractivity contribution in [2.45, 2.75) is 41.5 Å². The van der Waals surface area contributed by atoms with Crippen LogP contribution in [-0.2, 0) is 4.74 Å². The summed E-state index contributed by atoms with van der Waals surface area (Å²) in [5, 5.41) is 0.779. The highest BCUT2D eigenvalue weighted by atomic mass is 32.2. The molecule has 2 heterocycles. The summed E-state index contributed by atoms with van der Waals surface area (Å²) in [6.45, 7) is 5.56. The van der Waals surface area contributed by atoms with Crippen molar-refractivity contribution in [3.05, 3.63) is 0 Å². The quantitative estimate of drug-likeness (QED) is 0.704. The first-order valence-corrected chi connectivity index (χ1v) is 8.17. The summed E-state index contributed by atoms with van der Waals surface area (Å²) in [7, 11) is 0. The molecule has 2 unspecified atom stereocenters. The fraction of sp³-hybridized carbons (Fsp3) is 1.00. The number of thioether (sulfide) groups is 3. The van der Waals surface area contributed by atoms with Crippen LogP contribution in [0.5, 0.6) is 0 Å². The lowest BCUT2D eigenvalue weighted by atomic mass is 10.2. The molecule has 0 bridgehead atoms. The lowest BCUT2D eigenvalue weighted by Crippen LogP contribution is -2.38. The maximum absolute atomic E-state index is 5.59. The molecular formula is C10H18OS3. The summed E-state index contributed by atoms with van der Waals surface area (Å²) in [5.74, 6) is 2.69. The normalized spacial score (nSPS) is 38.1. The Bertz CT molecular complexity index is 192. The topological polar surface area (TPSA) is 9.23 Å². The first-order chi connectivity index (χ1) is 6.71. The molecule has 82 valence electrons. The zero-order chi connectivity index (χ0) is 10.0. The van der Waals surface area contributed by atoms with E-state index >= 15 is 0 Å². The minimum Gasteiger partial charge on any atom is -0.368 e. The van der Waals surface area contributed by atoms with Crippen LogP contribution in [0.4, 0.5) is 0 Å². The molecule has 2 aliphatic rings. The smallest absolute Gasteiger partial charge is 0.100 e. The van der Waals surface area contributed by atoms with Crippen LogP contribution < -0.4 is 0 Å². The Balaban J connectivity index is 1.97. The van der Waals surface area contributed by atoms with Gasteiger partial charge >= 0.3 is 0 Å². The minimum atomic E-state index is 0.397. The van der Waals surface area contributed by atoms with Gasteiger partial charge in [-0.25, -0.2) is 0 Å². The highest BCUT2D eigenvalue weighted by molar-refractivity contribution is 8.20. The molecule has 0 aromatic heterocycles. The van der Waals surface area contributed by atoms with E-state index in [0.29, 0.717) is 9.52 Å². The summed E-state index contributed by atoms with van der Waals surface area (Å²) in [6, 6.07) is 0. The van der Waals surface area contributed by atoms with Crippen molar-refractivity contribution in [3.63, 3.8) is 0 Å². The molecule has 2 saturated heterocycles. The van der Waals surface area contributed by atoms with Gasteiger partial charge in [-0.05, 0) is 38.2 Å². The second-order valence-electron chi connectivity index (χ2n) is 3.92. The van der Waals surface area contributed by atoms with E-state index < -0.39 is 0 Å². The standard InChI is InChI=1S/C10H18OS3/c1-8-11-5-4-9(14-8)10(2)12-6-3-7-13-10/h8-9H,3-7H2,1-2H3. The highest BCUT2D eigenvalue weighted by Crippen LogP contribution is 2.51. The fourth-order valence-corrected chi connectivity index (χ4v) is 6.77. The number of hydrogen-bond donors (Lipinski definition) is 0. The molecule has 0 radical (unpaired) electrons. The van der Waals surface area contributed by atoms with Crippen molar-refractivity contribution in [3.8, 4) is 0 Å². The number of hydrogen-bond acceptors (Lipinski definition) is 4. The molecule has 0 aromatic rings. The Morgan fingerprint density at radius 3 is 2.64 bits per heavy atom. The maximum atomic E-state index is 5.59. The van der Waals surface area contributed by atoms with Gasteiger partial charge in [0.05, 0.1) is 4.08 Å². The van der Waals surface area contributed by atoms with Crippen LogP contribution in [0.2, 0.25) is 0 Å². The molecule has 0 saturated carbocycles. The van der Waals surface area contributed by atoms with Gasteiger partial charge in [-0.15, -0.1) is 35.3 Å². The van der Waals surface area contributed by atoms with Gasteiger partial charge in [0.1, 0.15) is 5.44 Å². The molecule has 0 amide bonds. The molecule has 2 aliphatic heterocycles. The van der Waals surface area contributed by atoms with Crippen molar-refractivity contribution in [1.29, 1.82) is 0 Å². The summed E-state index contributed by atoms with van der Waals surface area (Å²) < 4.78 is 6.03. The van der Waals surface area contributed by atoms with Crippen LogP contribution in [0.25, 0.3) is 0 Å². The van der Waals surface area contributed by atoms with E-state index in [9.17, 15) is 0 Å². The van der Waals surface area contributed by atoms with E-state index in [-0.39, 0.29) is 0 Å². The van der Waals surface area contributed by atoms with E-state index in [0.717, 1.165) is 11.9 Å². The van der Waals surface area contributed by atoms with Gasteiger partial charge in [0.25, 0.3) is 0 Å². The van der Waals surface area contributed by atoms with Crippen molar-refractivity contribution in [2.75, 3.05) is 18.1 Å². The number of rotatable bonds is 1. The zero-order valence-corrected chi connectivity index (χ0v) is 11.3. The van der Waals surface area contributed by atoms with Gasteiger partial charge in [0.2, 0.25) is 0 Å². The van der Waals surface area contributed by atoms with E-state index in [2.05, 4.69) is 37.4 Å². The highest BCUT2D eigenvalue weighted by Gasteiger charge is 2.39. The Morgan fingerprint density at radius 2 is 2.00 bits per heavy atom. The van der Waals surface area contributed by atoms with Crippen LogP contribution in [0.1, 0.15) is 26.7 Å². The summed E-state index contributed by atoms with van der Waals surface area (Å²) >= 11 is 6.35. The van der Waals surface area contributed by atoms with Gasteiger partial charge in [0, 0.05) is 11.9 Å². The summed E-state index contributed by atoms with van der Waals surface area (Å²) in [6.07, 6.45) is 2.61. The van der Waals surface area contributed by atoms with Crippen molar-refractivity contribution < 1.29 is 4.74 Å². The molecule has 14 heavy (non-hydrogen) atoms. The molecular weight excluding hydrogens is 232 g/mol. The molecule has 0 N–H and O–H groups in total. The minimum absolute atomic E-state index is 0.397. The van der Waals surface area contributed by atoms with Crippen LogP contribution in [0, 0.1) is 0 Å². The molecule has 4 heteroatoms. The van der Waals surface area contributed by atoms with Gasteiger partial charge in [-0.3, -0.25) is 0 Å². The van der Waals surface area contributed by atoms with E-state index in [1.165, 1.54) is 24.3 Å². The largest absolute Gasteiger partial charge is 0.368 e. The number of ether oxygens (including phenoxy) is 1. The van der Waals surface area contributed by atoms with Gasteiger partial charge < -0.3 is 4.74 Å². The third-order valence-corrected chi connectivity index (χ3v) is 8.00. The Hall–Kier alpha value is 1.01. The van der Waals surface area contributed by atoms with Crippen LogP contribution >= 0.6 is 35.3 Å². The molecule has 1 nitrogen and oxygen atoms in total. The first kappa shape index (κ1) is 11.5. The molecule has 2 fully saturated rings. The molecule has 0 aliphatic carbocycles. The lowest BCUT2D eigenvalue weighted by molar-refractivity contribution is 0.110. The van der Waals surface area contributed by atoms with E-state index in [1.807, 2.05) is 11.8 Å². The third-order valence-electron chi connectivity index (χ3n) is 2.74. The van der Waals surface area contributed by atoms with E-state index in [1.54, 1.807) is 0 Å². The van der Waals surface area contributed by atoms with Crippen molar-refractivity contribution >= 4 is 35.3 Å². The second kappa shape index (κ2) is 4.89. The summed E-state index contributed by atoms with van der Waals surface area (Å²) in [4.78, 5) is 0. The Kier molecular flexibility index (Phi) is 4.02. The molecule has 2 atom stereocenters. The first-order valence-electron chi connectivity index (χ1n) is 5.26. The molecule has 0 spiro atoms. The van der Waals surface area contributed by atoms with Crippen LogP contribution in [0.3, 0.4) is 0 Å². The van der Waals surface area contributed by atoms with Crippen molar-refractivity contribution in [2.24, 2.45) is 0 Å². The summed E-state index contributed by atoms with van der Waals surface area (Å²) in [5.41, 5.74) is 0.397. The van der Waals surface area contributed by atoms with Gasteiger partial charge in [-0.1, -0.05) is 0 Å². The predicted octanol–water partition coefficient (Wildman–Crippen LogP) is 3.44.